The van der Waals surface area contributed by atoms with E-state index in [1.165, 1.54) is 0 Å². The highest BCUT2D eigenvalue weighted by Crippen LogP contribution is 2.16. The van der Waals surface area contributed by atoms with E-state index in [9.17, 15) is 9.90 Å². The average molecular weight is 268 g/mol. The molecule has 6 heteroatoms. The van der Waals surface area contributed by atoms with Gasteiger partial charge in [-0.15, -0.1) is 0 Å². The number of aliphatic hydroxyl groups is 2. The molecule has 0 saturated heterocycles. The number of pyridine rings is 1. The van der Waals surface area contributed by atoms with E-state index < -0.39 is 17.8 Å². The Balaban J connectivity index is 2.75. The first-order valence-electron chi connectivity index (χ1n) is 6.04. The van der Waals surface area contributed by atoms with E-state index in [1.807, 2.05) is 0 Å². The molecule has 0 aliphatic carbocycles. The van der Waals surface area contributed by atoms with Crippen molar-refractivity contribution in [2.24, 2.45) is 0 Å². The molecular weight excluding hydrogens is 248 g/mol. The highest BCUT2D eigenvalue weighted by atomic mass is 16.6. The topological polar surface area (TPSA) is 91.7 Å². The molecule has 0 unspecified atom stereocenters. The average Bonchev–Trinajstić information content (AvgIpc) is 2.29. The highest BCUT2D eigenvalue weighted by molar-refractivity contribution is 5.85. The molecule has 1 heterocycles. The van der Waals surface area contributed by atoms with Crippen LogP contribution in [0.2, 0.25) is 0 Å². The number of ether oxygens (including phenoxy) is 1. The van der Waals surface area contributed by atoms with Gasteiger partial charge in [0.2, 0.25) is 0 Å². The Kier molecular flexibility index (Phi) is 5.26. The number of nitrogens with zero attached hydrogens (tertiary/aromatic N) is 1. The molecule has 106 valence electrons. The van der Waals surface area contributed by atoms with Gasteiger partial charge in [-0.25, -0.2) is 4.79 Å². The second kappa shape index (κ2) is 6.49. The van der Waals surface area contributed by atoms with E-state index in [0.717, 1.165) is 0 Å². The Morgan fingerprint density at radius 3 is 2.79 bits per heavy atom. The van der Waals surface area contributed by atoms with Crippen LogP contribution in [0.15, 0.2) is 18.3 Å². The summed E-state index contributed by atoms with van der Waals surface area (Å²) in [4.78, 5) is 15.7. The van der Waals surface area contributed by atoms with E-state index in [4.69, 9.17) is 9.84 Å². The van der Waals surface area contributed by atoms with Gasteiger partial charge in [0, 0.05) is 12.6 Å². The van der Waals surface area contributed by atoms with Crippen LogP contribution in [-0.2, 0) is 11.2 Å². The van der Waals surface area contributed by atoms with Crippen molar-refractivity contribution in [1.82, 2.24) is 4.98 Å². The number of aromatic nitrogens is 1. The van der Waals surface area contributed by atoms with E-state index in [2.05, 4.69) is 10.3 Å². The minimum Gasteiger partial charge on any atom is -0.444 e. The van der Waals surface area contributed by atoms with Crippen molar-refractivity contribution in [3.05, 3.63) is 24.0 Å². The van der Waals surface area contributed by atoms with Crippen molar-refractivity contribution in [3.8, 4) is 0 Å². The van der Waals surface area contributed by atoms with Crippen LogP contribution in [0.1, 0.15) is 26.5 Å². The molecule has 0 spiro atoms. The molecule has 19 heavy (non-hydrogen) atoms. The molecule has 1 aromatic heterocycles. The van der Waals surface area contributed by atoms with Crippen LogP contribution in [0, 0.1) is 0 Å². The lowest BCUT2D eigenvalue weighted by molar-refractivity contribution is 0.0635. The molecular formula is C13H20N2O4. The van der Waals surface area contributed by atoms with Crippen LogP contribution in [-0.4, -0.2) is 39.6 Å². The van der Waals surface area contributed by atoms with Crippen molar-refractivity contribution in [2.45, 2.75) is 38.9 Å². The monoisotopic (exact) mass is 268 g/mol. The first-order valence-corrected chi connectivity index (χ1v) is 6.04. The van der Waals surface area contributed by atoms with Gasteiger partial charge in [-0.2, -0.15) is 0 Å². The van der Waals surface area contributed by atoms with Gasteiger partial charge in [0.25, 0.3) is 0 Å². The predicted octanol–water partition coefficient (Wildman–Crippen LogP) is 1.32. The molecule has 6 nitrogen and oxygen atoms in total. The third-order valence-electron chi connectivity index (χ3n) is 2.17. The summed E-state index contributed by atoms with van der Waals surface area (Å²) >= 11 is 0. The van der Waals surface area contributed by atoms with E-state index in [-0.39, 0.29) is 13.0 Å². The van der Waals surface area contributed by atoms with Gasteiger partial charge in [-0.1, -0.05) is 0 Å². The van der Waals surface area contributed by atoms with Crippen molar-refractivity contribution < 1.29 is 19.7 Å². The van der Waals surface area contributed by atoms with Crippen LogP contribution in [0.25, 0.3) is 0 Å². The van der Waals surface area contributed by atoms with Crippen LogP contribution < -0.4 is 5.32 Å². The van der Waals surface area contributed by atoms with E-state index >= 15 is 0 Å². The summed E-state index contributed by atoms with van der Waals surface area (Å²) in [5, 5.41) is 20.8. The van der Waals surface area contributed by atoms with Crippen LogP contribution >= 0.6 is 0 Å². The summed E-state index contributed by atoms with van der Waals surface area (Å²) in [5.41, 5.74) is 0.371. The van der Waals surface area contributed by atoms with Crippen molar-refractivity contribution in [1.29, 1.82) is 0 Å². The summed E-state index contributed by atoms with van der Waals surface area (Å²) in [6.45, 7) is 4.95. The fourth-order valence-corrected chi connectivity index (χ4v) is 1.42. The normalized spacial score (nSPS) is 12.9. The first-order chi connectivity index (χ1) is 8.81. The minimum atomic E-state index is -0.908. The third kappa shape index (κ3) is 5.67. The number of carbonyl (C=O) groups is 1. The lowest BCUT2D eigenvalue weighted by Crippen LogP contribution is -2.28. The maximum absolute atomic E-state index is 11.7. The van der Waals surface area contributed by atoms with Gasteiger partial charge in [0.15, 0.2) is 0 Å². The Bertz CT molecular complexity index is 429. The fourth-order valence-electron chi connectivity index (χ4n) is 1.42. The van der Waals surface area contributed by atoms with Gasteiger partial charge in [0.1, 0.15) is 5.60 Å². The number of rotatable bonds is 4. The van der Waals surface area contributed by atoms with Crippen molar-refractivity contribution in [3.63, 3.8) is 0 Å². The molecule has 0 aliphatic heterocycles. The van der Waals surface area contributed by atoms with Crippen LogP contribution in [0.5, 0.6) is 0 Å². The molecule has 0 aliphatic rings. The van der Waals surface area contributed by atoms with Crippen molar-refractivity contribution >= 4 is 11.8 Å². The van der Waals surface area contributed by atoms with Crippen LogP contribution in [0.3, 0.4) is 0 Å². The number of anilines is 1. The molecule has 0 aromatic carbocycles. The standard InChI is InChI=1S/C13H20N2O4/c1-13(2,3)19-12(18)15-10-5-4-6-14-11(10)7-9(17)8-16/h4-6,9,16-17H,7-8H2,1-3H3,(H,15,18)/t9-/m0/s1. The Hall–Kier alpha value is -1.66. The molecule has 1 amide bonds. The molecule has 3 N–H and O–H groups in total. The van der Waals surface area contributed by atoms with E-state index in [0.29, 0.717) is 11.4 Å². The maximum Gasteiger partial charge on any atom is 0.412 e. The number of hydrogen-bond acceptors (Lipinski definition) is 5. The maximum atomic E-state index is 11.7. The Morgan fingerprint density at radius 2 is 2.21 bits per heavy atom. The lowest BCUT2D eigenvalue weighted by Gasteiger charge is -2.20. The minimum absolute atomic E-state index is 0.155. The number of carbonyl (C=O) groups excluding carboxylic acids is 1. The number of aliphatic hydroxyl groups excluding tert-OH is 2. The molecule has 0 saturated carbocycles. The molecule has 0 bridgehead atoms. The second-order valence-corrected chi connectivity index (χ2v) is 5.17. The lowest BCUT2D eigenvalue weighted by atomic mass is 10.1. The zero-order valence-electron chi connectivity index (χ0n) is 11.4. The Morgan fingerprint density at radius 1 is 1.53 bits per heavy atom. The van der Waals surface area contributed by atoms with Gasteiger partial charge < -0.3 is 14.9 Å². The fraction of sp³-hybridized carbons (Fsp3) is 0.538. The highest BCUT2D eigenvalue weighted by Gasteiger charge is 2.18. The predicted molar refractivity (Wildman–Crippen MR) is 70.9 cm³/mol. The molecule has 1 atom stereocenters. The quantitative estimate of drug-likeness (QED) is 0.766. The zero-order chi connectivity index (χ0) is 14.5. The van der Waals surface area contributed by atoms with Gasteiger partial charge in [-0.05, 0) is 32.9 Å². The number of hydrogen-bond donors (Lipinski definition) is 3. The van der Waals surface area contributed by atoms with Crippen molar-refractivity contribution in [2.75, 3.05) is 11.9 Å². The van der Waals surface area contributed by atoms with Crippen LogP contribution in [0.4, 0.5) is 10.5 Å². The van der Waals surface area contributed by atoms with Gasteiger partial charge in [0.05, 0.1) is 24.1 Å². The number of amides is 1. The zero-order valence-corrected chi connectivity index (χ0v) is 11.4. The first kappa shape index (κ1) is 15.4. The molecule has 0 radical (unpaired) electrons. The molecule has 0 fully saturated rings. The summed E-state index contributed by atoms with van der Waals surface area (Å²) in [6, 6.07) is 3.33. The van der Waals surface area contributed by atoms with Gasteiger partial charge in [-0.3, -0.25) is 10.3 Å². The van der Waals surface area contributed by atoms with Gasteiger partial charge >= 0.3 is 6.09 Å². The third-order valence-corrected chi connectivity index (χ3v) is 2.17. The summed E-state index contributed by atoms with van der Waals surface area (Å²) in [5.74, 6) is 0. The largest absolute Gasteiger partial charge is 0.444 e. The molecule has 1 rings (SSSR count). The SMILES string of the molecule is CC(C)(C)OC(=O)Nc1cccnc1C[C@H](O)CO. The summed E-state index contributed by atoms with van der Waals surface area (Å²) in [7, 11) is 0. The Labute approximate surface area is 112 Å². The molecule has 1 aromatic rings. The van der Waals surface area contributed by atoms with E-state index in [1.54, 1.807) is 39.1 Å². The second-order valence-electron chi connectivity index (χ2n) is 5.17. The number of nitrogens with one attached hydrogen (secondary N) is 1. The smallest absolute Gasteiger partial charge is 0.412 e. The summed E-state index contributed by atoms with van der Waals surface area (Å²) in [6.07, 6.45) is 0.219. The summed E-state index contributed by atoms with van der Waals surface area (Å²) < 4.78 is 5.14.